The van der Waals surface area contributed by atoms with Gasteiger partial charge in [0.15, 0.2) is 0 Å². The van der Waals surface area contributed by atoms with E-state index in [9.17, 15) is 18.0 Å². The first-order valence-electron chi connectivity index (χ1n) is 15.1. The molecule has 1 aliphatic carbocycles. The third-order valence-electron chi connectivity index (χ3n) is 9.70. The molecule has 1 aliphatic heterocycles. The van der Waals surface area contributed by atoms with Crippen LogP contribution in [0.4, 0.5) is 13.2 Å². The van der Waals surface area contributed by atoms with Gasteiger partial charge in [0.1, 0.15) is 0 Å². The Morgan fingerprint density at radius 1 is 1.02 bits per heavy atom. The average Bonchev–Trinajstić information content (AvgIpc) is 3.34. The number of rotatable bonds is 9. The van der Waals surface area contributed by atoms with Gasteiger partial charge in [-0.1, -0.05) is 101 Å². The Morgan fingerprint density at radius 3 is 2.05 bits per heavy atom. The molecule has 2 aliphatic rings. The molecule has 1 amide bonds. The molecule has 224 valence electrons. The van der Waals surface area contributed by atoms with Gasteiger partial charge >= 0.3 is 12.1 Å². The predicted molar refractivity (Wildman–Crippen MR) is 163 cm³/mol. The topological polar surface area (TPSA) is 29.5 Å². The Kier molecular flexibility index (Phi) is 9.59. The highest BCUT2D eigenvalue weighted by Crippen LogP contribution is 2.53. The van der Waals surface area contributed by atoms with Crippen LogP contribution >= 0.6 is 0 Å². The SMILES string of the molecule is C=CC[C@H]1CCCC2(CCC[C@@H]2[C@@H](C)CCO[Si](c2ccccc2)(c2ccccc2)C(C)(C)C)N1C(=O)C(F)(F)F. The van der Waals surface area contributed by atoms with Gasteiger partial charge in [-0.25, -0.2) is 0 Å². The highest BCUT2D eigenvalue weighted by atomic mass is 28.4. The molecule has 2 aromatic rings. The summed E-state index contributed by atoms with van der Waals surface area (Å²) in [7, 11) is -2.71. The third-order valence-corrected chi connectivity index (χ3v) is 14.7. The van der Waals surface area contributed by atoms with E-state index in [1.165, 1.54) is 15.3 Å². The molecule has 1 saturated heterocycles. The Labute approximate surface area is 245 Å². The van der Waals surface area contributed by atoms with Crippen molar-refractivity contribution in [3.63, 3.8) is 0 Å². The van der Waals surface area contributed by atoms with Crippen molar-refractivity contribution in [1.29, 1.82) is 0 Å². The molecule has 1 unspecified atom stereocenters. The second kappa shape index (κ2) is 12.5. The fourth-order valence-electron chi connectivity index (χ4n) is 8.04. The maximum Gasteiger partial charge on any atom is 0.471 e. The molecule has 3 nitrogen and oxygen atoms in total. The van der Waals surface area contributed by atoms with Crippen molar-refractivity contribution >= 4 is 24.6 Å². The third kappa shape index (κ3) is 6.08. The number of piperidine rings is 1. The number of likely N-dealkylation sites (tertiary alicyclic amines) is 1. The van der Waals surface area contributed by atoms with E-state index < -0.39 is 32.0 Å². The first-order valence-corrected chi connectivity index (χ1v) is 17.1. The van der Waals surface area contributed by atoms with E-state index >= 15 is 0 Å². The van der Waals surface area contributed by atoms with Crippen molar-refractivity contribution in [2.45, 2.75) is 102 Å². The first kappa shape index (κ1) is 31.6. The summed E-state index contributed by atoms with van der Waals surface area (Å²) in [5, 5.41) is 2.28. The Morgan fingerprint density at radius 2 is 1.56 bits per heavy atom. The van der Waals surface area contributed by atoms with Crippen LogP contribution < -0.4 is 10.4 Å². The number of hydrogen-bond donors (Lipinski definition) is 0. The van der Waals surface area contributed by atoms with Gasteiger partial charge in [-0.2, -0.15) is 13.2 Å². The monoisotopic (exact) mass is 585 g/mol. The standard InChI is InChI=1S/C34H46F3NO2Si/c1-6-15-27-16-13-23-33(38(27)31(39)34(35,36)37)24-14-21-30(33)26(2)22-25-40-41(32(3,4)5,28-17-9-7-10-18-28)29-19-11-8-12-20-29/h6-12,17-20,26-27,30H,1,13-16,21-25H2,2-5H3/t26-,27-,30+,33?/m0/s1. The van der Waals surface area contributed by atoms with Crippen molar-refractivity contribution in [2.24, 2.45) is 11.8 Å². The minimum atomic E-state index is -4.88. The number of carbonyl (C=O) groups is 1. The highest BCUT2D eigenvalue weighted by Gasteiger charge is 2.58. The Bertz CT molecular complexity index is 1120. The van der Waals surface area contributed by atoms with E-state index in [4.69, 9.17) is 4.43 Å². The zero-order valence-corrected chi connectivity index (χ0v) is 26.1. The molecule has 2 aromatic carbocycles. The minimum absolute atomic E-state index is 0.00386. The van der Waals surface area contributed by atoms with Crippen LogP contribution in [0.25, 0.3) is 0 Å². The van der Waals surface area contributed by atoms with Crippen LogP contribution in [-0.4, -0.2) is 43.5 Å². The minimum Gasteiger partial charge on any atom is -0.407 e. The van der Waals surface area contributed by atoms with Gasteiger partial charge in [0.2, 0.25) is 0 Å². The highest BCUT2D eigenvalue weighted by molar-refractivity contribution is 6.99. The van der Waals surface area contributed by atoms with Crippen LogP contribution in [0, 0.1) is 11.8 Å². The Balaban J connectivity index is 1.62. The van der Waals surface area contributed by atoms with Crippen molar-refractivity contribution in [3.8, 4) is 0 Å². The van der Waals surface area contributed by atoms with Crippen LogP contribution in [-0.2, 0) is 9.22 Å². The molecule has 0 radical (unpaired) electrons. The van der Waals surface area contributed by atoms with Crippen molar-refractivity contribution < 1.29 is 22.4 Å². The maximum absolute atomic E-state index is 13.9. The predicted octanol–water partition coefficient (Wildman–Crippen LogP) is 7.65. The lowest BCUT2D eigenvalue weighted by atomic mass is 9.70. The number of benzene rings is 2. The Hall–Kier alpha value is -2.38. The quantitative estimate of drug-likeness (QED) is 0.224. The summed E-state index contributed by atoms with van der Waals surface area (Å²) in [5.74, 6) is -1.56. The average molecular weight is 586 g/mol. The summed E-state index contributed by atoms with van der Waals surface area (Å²) in [5.41, 5.74) is -0.755. The number of nitrogens with zero attached hydrogens (tertiary/aromatic N) is 1. The van der Waals surface area contributed by atoms with Gasteiger partial charge in [0, 0.05) is 18.2 Å². The lowest BCUT2D eigenvalue weighted by molar-refractivity contribution is -0.201. The van der Waals surface area contributed by atoms with Crippen LogP contribution in [0.15, 0.2) is 73.3 Å². The zero-order valence-electron chi connectivity index (χ0n) is 25.1. The smallest absolute Gasteiger partial charge is 0.407 e. The molecular weight excluding hydrogens is 539 g/mol. The molecule has 0 bridgehead atoms. The van der Waals surface area contributed by atoms with Gasteiger partial charge in [-0.3, -0.25) is 4.79 Å². The number of carbonyl (C=O) groups excluding carboxylic acids is 1. The molecule has 4 atom stereocenters. The summed E-state index contributed by atoms with van der Waals surface area (Å²) < 4.78 is 49.0. The molecule has 1 spiro atoms. The molecule has 7 heteroatoms. The maximum atomic E-state index is 13.9. The number of amides is 1. The van der Waals surface area contributed by atoms with Gasteiger partial charge in [-0.15, -0.1) is 6.58 Å². The summed E-state index contributed by atoms with van der Waals surface area (Å²) >= 11 is 0. The van der Waals surface area contributed by atoms with Crippen LogP contribution in [0.5, 0.6) is 0 Å². The number of hydrogen-bond acceptors (Lipinski definition) is 2. The van der Waals surface area contributed by atoms with E-state index in [0.29, 0.717) is 32.3 Å². The molecule has 4 rings (SSSR count). The molecule has 0 aromatic heterocycles. The molecule has 41 heavy (non-hydrogen) atoms. The molecule has 1 heterocycles. The van der Waals surface area contributed by atoms with Crippen molar-refractivity contribution in [1.82, 2.24) is 4.90 Å². The lowest BCUT2D eigenvalue weighted by Gasteiger charge is -2.54. The second-order valence-electron chi connectivity index (χ2n) is 13.1. The van der Waals surface area contributed by atoms with E-state index in [1.54, 1.807) is 6.08 Å². The number of alkyl halides is 3. The van der Waals surface area contributed by atoms with Gasteiger partial charge in [0.05, 0.1) is 0 Å². The molecule has 0 N–H and O–H groups in total. The normalized spacial score (nSPS) is 24.4. The largest absolute Gasteiger partial charge is 0.471 e. The fraction of sp³-hybridized carbons (Fsp3) is 0.559. The summed E-state index contributed by atoms with van der Waals surface area (Å²) in [6, 6.07) is 20.5. The van der Waals surface area contributed by atoms with Gasteiger partial charge < -0.3 is 9.33 Å². The second-order valence-corrected chi connectivity index (χ2v) is 17.4. The summed E-state index contributed by atoms with van der Waals surface area (Å²) in [6.45, 7) is 13.2. The zero-order chi connectivity index (χ0) is 29.9. The molecule has 1 saturated carbocycles. The fourth-order valence-corrected chi connectivity index (χ4v) is 12.6. The van der Waals surface area contributed by atoms with Crippen molar-refractivity contribution in [2.75, 3.05) is 6.61 Å². The van der Waals surface area contributed by atoms with E-state index in [1.807, 2.05) is 12.1 Å². The summed E-state index contributed by atoms with van der Waals surface area (Å²) in [4.78, 5) is 14.2. The van der Waals surface area contributed by atoms with E-state index in [2.05, 4.69) is 82.8 Å². The first-order chi connectivity index (χ1) is 19.4. The molecule has 2 fully saturated rings. The summed E-state index contributed by atoms with van der Waals surface area (Å²) in [6.07, 6.45) is 2.27. The van der Waals surface area contributed by atoms with Gasteiger partial charge in [-0.05, 0) is 72.2 Å². The van der Waals surface area contributed by atoms with Gasteiger partial charge in [0.25, 0.3) is 8.32 Å². The van der Waals surface area contributed by atoms with E-state index in [-0.39, 0.29) is 16.9 Å². The molecular formula is C34H46F3NO2Si. The lowest BCUT2D eigenvalue weighted by Crippen LogP contribution is -2.66. The number of halogens is 3. The van der Waals surface area contributed by atoms with Crippen LogP contribution in [0.2, 0.25) is 5.04 Å². The van der Waals surface area contributed by atoms with Crippen molar-refractivity contribution in [3.05, 3.63) is 73.3 Å². The van der Waals surface area contributed by atoms with E-state index in [0.717, 1.165) is 25.7 Å². The van der Waals surface area contributed by atoms with Crippen LogP contribution in [0.1, 0.15) is 79.1 Å². The van der Waals surface area contributed by atoms with Crippen LogP contribution in [0.3, 0.4) is 0 Å².